The van der Waals surface area contributed by atoms with Crippen LogP contribution in [0.3, 0.4) is 0 Å². The smallest absolute Gasteiger partial charge is 0.337 e. The van der Waals surface area contributed by atoms with Crippen molar-refractivity contribution in [3.8, 4) is 0 Å². The monoisotopic (exact) mass is 433 g/mol. The van der Waals surface area contributed by atoms with Crippen LogP contribution in [0.1, 0.15) is 15.9 Å². The highest BCUT2D eigenvalue weighted by atomic mass is 35.5. The molecule has 0 spiro atoms. The van der Waals surface area contributed by atoms with Crippen LogP contribution < -0.4 is 0 Å². The molecule has 0 radical (unpaired) electrons. The van der Waals surface area contributed by atoms with E-state index < -0.39 is 12.7 Å². The lowest BCUT2D eigenvalue weighted by Crippen LogP contribution is -2.26. The zero-order chi connectivity index (χ0) is 21.5. The third-order valence-corrected chi connectivity index (χ3v) is 4.94. The summed E-state index contributed by atoms with van der Waals surface area (Å²) in [6.45, 7) is -0.900. The lowest BCUT2D eigenvalue weighted by Gasteiger charge is -2.17. The van der Waals surface area contributed by atoms with Gasteiger partial charge < -0.3 is 9.47 Å². The van der Waals surface area contributed by atoms with E-state index in [9.17, 15) is 18.0 Å². The summed E-state index contributed by atoms with van der Waals surface area (Å²) in [4.78, 5) is 26.4. The van der Waals surface area contributed by atoms with Gasteiger partial charge in [-0.2, -0.15) is 13.2 Å². The van der Waals surface area contributed by atoms with Crippen LogP contribution in [0.15, 0.2) is 49.1 Å². The van der Waals surface area contributed by atoms with Gasteiger partial charge in [0, 0.05) is 36.9 Å². The lowest BCUT2D eigenvalue weighted by atomic mass is 10.1. The molecule has 154 valence electrons. The molecule has 1 amide bonds. The van der Waals surface area contributed by atoms with Crippen LogP contribution >= 0.6 is 11.6 Å². The predicted molar refractivity (Wildman–Crippen MR) is 106 cm³/mol. The third-order valence-electron chi connectivity index (χ3n) is 4.66. The van der Waals surface area contributed by atoms with Gasteiger partial charge in [-0.1, -0.05) is 17.7 Å². The average Bonchev–Trinajstić information content (AvgIpc) is 3.01. The molecule has 0 aliphatic carbocycles. The first kappa shape index (κ1) is 20.1. The van der Waals surface area contributed by atoms with E-state index in [0.717, 1.165) is 10.1 Å². The largest absolute Gasteiger partial charge is 0.406 e. The molecule has 0 fully saturated rings. The van der Waals surface area contributed by atoms with Crippen molar-refractivity contribution in [2.24, 2.45) is 0 Å². The molecule has 0 unspecified atom stereocenters. The maximum atomic E-state index is 13.2. The second kappa shape index (κ2) is 7.56. The number of hydrogen-bond acceptors (Lipinski definition) is 4. The van der Waals surface area contributed by atoms with Crippen LogP contribution in [0, 0.1) is 0 Å². The second-order valence-electron chi connectivity index (χ2n) is 6.82. The van der Waals surface area contributed by atoms with Gasteiger partial charge in [-0.05, 0) is 29.8 Å². The van der Waals surface area contributed by atoms with E-state index >= 15 is 0 Å². The number of amides is 1. The molecule has 0 saturated carbocycles. The van der Waals surface area contributed by atoms with Gasteiger partial charge in [-0.3, -0.25) is 9.78 Å². The molecule has 0 atom stereocenters. The summed E-state index contributed by atoms with van der Waals surface area (Å²) in [5, 5.41) is 0.321. The Hall–Kier alpha value is -3.20. The van der Waals surface area contributed by atoms with Crippen molar-refractivity contribution in [1.82, 2.24) is 24.4 Å². The van der Waals surface area contributed by atoms with E-state index in [4.69, 9.17) is 11.6 Å². The Balaban J connectivity index is 1.78. The number of benzene rings is 1. The topological polar surface area (TPSA) is 63.9 Å². The number of carbonyl (C=O) groups excluding carboxylic acids is 1. The quantitative estimate of drug-likeness (QED) is 0.445. The van der Waals surface area contributed by atoms with Crippen LogP contribution in [0.4, 0.5) is 13.2 Å². The van der Waals surface area contributed by atoms with Crippen LogP contribution in [0.2, 0.25) is 5.15 Å². The number of alkyl halides is 3. The fourth-order valence-electron chi connectivity index (χ4n) is 3.41. The number of pyridine rings is 1. The molecule has 0 aliphatic heterocycles. The zero-order valence-electron chi connectivity index (χ0n) is 15.7. The molecule has 3 heterocycles. The summed E-state index contributed by atoms with van der Waals surface area (Å²) in [5.74, 6) is -0.280. The van der Waals surface area contributed by atoms with Gasteiger partial charge >= 0.3 is 6.18 Å². The molecule has 4 aromatic rings. The van der Waals surface area contributed by atoms with Gasteiger partial charge in [0.25, 0.3) is 5.91 Å². The third kappa shape index (κ3) is 3.80. The fourth-order valence-corrected chi connectivity index (χ4v) is 3.64. The van der Waals surface area contributed by atoms with Gasteiger partial charge in [-0.15, -0.1) is 0 Å². The van der Waals surface area contributed by atoms with E-state index in [1.165, 1.54) is 29.4 Å². The van der Waals surface area contributed by atoms with Crippen molar-refractivity contribution in [3.63, 3.8) is 0 Å². The van der Waals surface area contributed by atoms with Crippen LogP contribution in [0.25, 0.3) is 21.9 Å². The molecule has 30 heavy (non-hydrogen) atoms. The highest BCUT2D eigenvalue weighted by Crippen LogP contribution is 2.34. The molecule has 0 bridgehead atoms. The molecule has 3 aromatic heterocycles. The number of hydrogen-bond donors (Lipinski definition) is 0. The Morgan fingerprint density at radius 3 is 2.73 bits per heavy atom. The molecule has 6 nitrogen and oxygen atoms in total. The van der Waals surface area contributed by atoms with Crippen molar-refractivity contribution in [2.75, 3.05) is 7.05 Å². The minimum absolute atomic E-state index is 0.0815. The maximum absolute atomic E-state index is 13.2. The SMILES string of the molecule is CN(Cc1cccnc1)C(=O)c1ccc2c(c1)c1ncnc(Cl)c1n2CC(F)(F)F. The molecule has 1 aromatic carbocycles. The normalized spacial score (nSPS) is 11.9. The summed E-state index contributed by atoms with van der Waals surface area (Å²) in [6.07, 6.45) is 0.0289. The number of fused-ring (bicyclic) bond motifs is 3. The molecule has 4 rings (SSSR count). The van der Waals surface area contributed by atoms with E-state index in [-0.39, 0.29) is 27.6 Å². The summed E-state index contributed by atoms with van der Waals surface area (Å²) < 4.78 is 40.5. The van der Waals surface area contributed by atoms with Gasteiger partial charge in [0.1, 0.15) is 23.9 Å². The molecule has 0 aliphatic rings. The van der Waals surface area contributed by atoms with Gasteiger partial charge in [-0.25, -0.2) is 9.97 Å². The minimum Gasteiger partial charge on any atom is -0.337 e. The Morgan fingerprint density at radius 1 is 1.23 bits per heavy atom. The fraction of sp³-hybridized carbons (Fsp3) is 0.200. The molecular formula is C20H15ClF3N5O. The number of nitrogens with zero attached hydrogens (tertiary/aromatic N) is 5. The van der Waals surface area contributed by atoms with E-state index in [0.29, 0.717) is 17.5 Å². The first-order valence-electron chi connectivity index (χ1n) is 8.88. The summed E-state index contributed by atoms with van der Waals surface area (Å²) in [5.41, 5.74) is 1.81. The number of carbonyl (C=O) groups is 1. The first-order chi connectivity index (χ1) is 14.2. The second-order valence-corrected chi connectivity index (χ2v) is 7.18. The van der Waals surface area contributed by atoms with E-state index in [1.807, 2.05) is 6.07 Å². The van der Waals surface area contributed by atoms with Crippen LogP contribution in [0.5, 0.6) is 0 Å². The number of rotatable bonds is 4. The summed E-state index contributed by atoms with van der Waals surface area (Å²) in [7, 11) is 1.64. The molecule has 10 heteroatoms. The number of aromatic nitrogens is 4. The van der Waals surface area contributed by atoms with Gasteiger partial charge in [0.15, 0.2) is 5.15 Å². The van der Waals surface area contributed by atoms with E-state index in [2.05, 4.69) is 15.0 Å². The Morgan fingerprint density at radius 2 is 2.03 bits per heavy atom. The van der Waals surface area contributed by atoms with Crippen LogP contribution in [-0.2, 0) is 13.1 Å². The van der Waals surface area contributed by atoms with E-state index in [1.54, 1.807) is 25.5 Å². The molecule has 0 N–H and O–H groups in total. The predicted octanol–water partition coefficient (Wildman–Crippen LogP) is 4.47. The Labute approximate surface area is 173 Å². The number of halogens is 4. The Kier molecular flexibility index (Phi) is 5.07. The summed E-state index contributed by atoms with van der Waals surface area (Å²) in [6, 6.07) is 8.14. The maximum Gasteiger partial charge on any atom is 0.406 e. The van der Waals surface area contributed by atoms with Crippen molar-refractivity contribution in [2.45, 2.75) is 19.3 Å². The first-order valence-corrected chi connectivity index (χ1v) is 9.26. The van der Waals surface area contributed by atoms with Crippen molar-refractivity contribution in [3.05, 3.63) is 65.3 Å². The van der Waals surface area contributed by atoms with Gasteiger partial charge in [0.05, 0.1) is 5.52 Å². The lowest BCUT2D eigenvalue weighted by molar-refractivity contribution is -0.139. The zero-order valence-corrected chi connectivity index (χ0v) is 16.4. The minimum atomic E-state index is -4.46. The summed E-state index contributed by atoms with van der Waals surface area (Å²) >= 11 is 6.09. The van der Waals surface area contributed by atoms with Gasteiger partial charge in [0.2, 0.25) is 0 Å². The van der Waals surface area contributed by atoms with Crippen LogP contribution in [-0.4, -0.2) is 43.6 Å². The highest BCUT2D eigenvalue weighted by Gasteiger charge is 2.31. The Bertz CT molecular complexity index is 1240. The molecular weight excluding hydrogens is 419 g/mol. The average molecular weight is 434 g/mol. The van der Waals surface area contributed by atoms with Crippen molar-refractivity contribution < 1.29 is 18.0 Å². The highest BCUT2D eigenvalue weighted by molar-refractivity contribution is 6.34. The standard InChI is InChI=1S/C20H15ClF3N5O/c1-28(9-12-3-2-6-25-8-12)19(30)13-4-5-15-14(7-13)16-17(18(21)27-11-26-16)29(15)10-20(22,23)24/h2-8,11H,9-10H2,1H3. The molecule has 0 saturated heterocycles. The van der Waals surface area contributed by atoms with Crippen molar-refractivity contribution >= 4 is 39.4 Å². The van der Waals surface area contributed by atoms with Crippen molar-refractivity contribution in [1.29, 1.82) is 0 Å².